The van der Waals surface area contributed by atoms with Crippen molar-refractivity contribution < 1.29 is 23.9 Å². The van der Waals surface area contributed by atoms with Gasteiger partial charge in [-0.15, -0.1) is 0 Å². The molecule has 2 aromatic carbocycles. The summed E-state index contributed by atoms with van der Waals surface area (Å²) in [5.41, 5.74) is 5.31. The van der Waals surface area contributed by atoms with E-state index in [0.717, 1.165) is 0 Å². The maximum absolute atomic E-state index is 12.6. The van der Waals surface area contributed by atoms with Gasteiger partial charge in [0, 0.05) is 5.56 Å². The molecule has 0 saturated carbocycles. The Balaban J connectivity index is 1.61. The van der Waals surface area contributed by atoms with Crippen LogP contribution < -0.4 is 25.6 Å². The Kier molecular flexibility index (Phi) is 8.02. The summed E-state index contributed by atoms with van der Waals surface area (Å²) in [5.74, 6) is 0.134. The van der Waals surface area contributed by atoms with Gasteiger partial charge in [0.05, 0.1) is 10.6 Å². The summed E-state index contributed by atoms with van der Waals surface area (Å²) in [6.07, 6.45) is 2.28. The van der Waals surface area contributed by atoms with E-state index in [4.69, 9.17) is 21.1 Å². The maximum Gasteiger partial charge on any atom is 0.269 e. The highest BCUT2D eigenvalue weighted by Crippen LogP contribution is 2.30. The topological polar surface area (TPSA) is 106 Å². The highest BCUT2D eigenvalue weighted by molar-refractivity contribution is 7.98. The van der Waals surface area contributed by atoms with Crippen molar-refractivity contribution >= 4 is 41.1 Å². The molecule has 3 amide bonds. The first kappa shape index (κ1) is 22.8. The van der Waals surface area contributed by atoms with E-state index in [-0.39, 0.29) is 10.6 Å². The Morgan fingerprint density at radius 3 is 2.52 bits per heavy atom. The molecule has 3 N–H and O–H groups in total. The zero-order valence-corrected chi connectivity index (χ0v) is 18.3. The predicted octanol–water partition coefficient (Wildman–Crippen LogP) is 2.42. The van der Waals surface area contributed by atoms with E-state index in [9.17, 15) is 14.4 Å². The molecule has 1 aliphatic heterocycles. The average molecular weight is 464 g/mol. The van der Waals surface area contributed by atoms with E-state index >= 15 is 0 Å². The number of thioether (sulfide) groups is 1. The lowest BCUT2D eigenvalue weighted by molar-refractivity contribution is -0.123. The molecular formula is C21H22ClN3O5S. The third-order valence-corrected chi connectivity index (χ3v) is 5.43. The molecule has 0 bridgehead atoms. The molecule has 1 unspecified atom stereocenters. The lowest BCUT2D eigenvalue weighted by Gasteiger charge is -2.20. The molecule has 0 aromatic heterocycles. The van der Waals surface area contributed by atoms with E-state index in [0.29, 0.717) is 42.4 Å². The van der Waals surface area contributed by atoms with E-state index in [1.807, 2.05) is 6.26 Å². The summed E-state index contributed by atoms with van der Waals surface area (Å²) in [7, 11) is 0. The van der Waals surface area contributed by atoms with Gasteiger partial charge in [-0.05, 0) is 48.8 Å². The molecule has 0 aliphatic carbocycles. The average Bonchev–Trinajstić information content (AvgIpc) is 2.79. The summed E-state index contributed by atoms with van der Waals surface area (Å²) in [4.78, 5) is 37.6. The van der Waals surface area contributed by atoms with Gasteiger partial charge in [-0.1, -0.05) is 23.7 Å². The van der Waals surface area contributed by atoms with Crippen LogP contribution in [0.5, 0.6) is 11.5 Å². The highest BCUT2D eigenvalue weighted by Gasteiger charge is 2.23. The van der Waals surface area contributed by atoms with Gasteiger partial charge in [0.25, 0.3) is 17.7 Å². The van der Waals surface area contributed by atoms with Crippen molar-refractivity contribution in [3.8, 4) is 11.5 Å². The van der Waals surface area contributed by atoms with E-state index in [1.54, 1.807) is 42.5 Å². The number of hydrogen-bond acceptors (Lipinski definition) is 6. The molecular weight excluding hydrogens is 442 g/mol. The molecule has 0 fully saturated rings. The third kappa shape index (κ3) is 6.05. The minimum atomic E-state index is -0.850. The minimum Gasteiger partial charge on any atom is -0.486 e. The van der Waals surface area contributed by atoms with Crippen LogP contribution in [0.25, 0.3) is 0 Å². The Labute approximate surface area is 189 Å². The van der Waals surface area contributed by atoms with Crippen LogP contribution in [-0.4, -0.2) is 49.0 Å². The van der Waals surface area contributed by atoms with E-state index < -0.39 is 23.8 Å². The number of amides is 3. The second-order valence-electron chi connectivity index (χ2n) is 6.59. The van der Waals surface area contributed by atoms with Gasteiger partial charge >= 0.3 is 0 Å². The quantitative estimate of drug-likeness (QED) is 0.544. The molecule has 1 heterocycles. The van der Waals surface area contributed by atoms with Crippen molar-refractivity contribution in [3.63, 3.8) is 0 Å². The van der Waals surface area contributed by atoms with E-state index in [2.05, 4.69) is 16.2 Å². The van der Waals surface area contributed by atoms with Gasteiger partial charge in [-0.2, -0.15) is 11.8 Å². The normalized spacial score (nSPS) is 13.1. The van der Waals surface area contributed by atoms with Crippen molar-refractivity contribution in [2.24, 2.45) is 0 Å². The number of halogens is 1. The Bertz CT molecular complexity index is 972. The predicted molar refractivity (Wildman–Crippen MR) is 119 cm³/mol. The summed E-state index contributed by atoms with van der Waals surface area (Å²) in [6, 6.07) is 10.5. The lowest BCUT2D eigenvalue weighted by atomic mass is 10.1. The van der Waals surface area contributed by atoms with Gasteiger partial charge < -0.3 is 14.8 Å². The molecule has 8 nitrogen and oxygen atoms in total. The molecule has 0 saturated heterocycles. The number of carbonyl (C=O) groups is 3. The molecule has 31 heavy (non-hydrogen) atoms. The van der Waals surface area contributed by atoms with Crippen LogP contribution in [0, 0.1) is 0 Å². The van der Waals surface area contributed by atoms with Crippen LogP contribution in [0.3, 0.4) is 0 Å². The summed E-state index contributed by atoms with van der Waals surface area (Å²) in [6.45, 7) is 0.850. The minimum absolute atomic E-state index is 0.270. The van der Waals surface area contributed by atoms with Crippen molar-refractivity contribution in [3.05, 3.63) is 58.6 Å². The van der Waals surface area contributed by atoms with Gasteiger partial charge in [0.2, 0.25) is 0 Å². The monoisotopic (exact) mass is 463 g/mol. The summed E-state index contributed by atoms with van der Waals surface area (Å²) >= 11 is 7.60. The number of rotatable bonds is 7. The molecule has 0 radical (unpaired) electrons. The molecule has 1 aliphatic rings. The first-order valence-electron chi connectivity index (χ1n) is 9.53. The van der Waals surface area contributed by atoms with Crippen LogP contribution in [0.15, 0.2) is 42.5 Å². The number of carbonyl (C=O) groups excluding carboxylic acids is 3. The first-order valence-corrected chi connectivity index (χ1v) is 11.3. The summed E-state index contributed by atoms with van der Waals surface area (Å²) < 4.78 is 10.9. The van der Waals surface area contributed by atoms with Crippen molar-refractivity contribution in [2.45, 2.75) is 12.5 Å². The largest absolute Gasteiger partial charge is 0.486 e. The van der Waals surface area contributed by atoms with Crippen molar-refractivity contribution in [1.82, 2.24) is 16.2 Å². The van der Waals surface area contributed by atoms with Crippen LogP contribution in [-0.2, 0) is 4.79 Å². The van der Waals surface area contributed by atoms with Crippen LogP contribution in [0.2, 0.25) is 5.02 Å². The van der Waals surface area contributed by atoms with Crippen LogP contribution in [0.1, 0.15) is 27.1 Å². The van der Waals surface area contributed by atoms with Gasteiger partial charge in [0.15, 0.2) is 11.5 Å². The van der Waals surface area contributed by atoms with Gasteiger partial charge in [0.1, 0.15) is 19.3 Å². The fraction of sp³-hybridized carbons (Fsp3) is 0.286. The Morgan fingerprint density at radius 2 is 1.77 bits per heavy atom. The number of benzene rings is 2. The third-order valence-electron chi connectivity index (χ3n) is 4.45. The second kappa shape index (κ2) is 10.9. The zero-order chi connectivity index (χ0) is 22.2. The molecule has 10 heteroatoms. The fourth-order valence-corrected chi connectivity index (χ4v) is 3.54. The van der Waals surface area contributed by atoms with Crippen LogP contribution in [0.4, 0.5) is 0 Å². The smallest absolute Gasteiger partial charge is 0.269 e. The number of ether oxygens (including phenoxy) is 2. The lowest BCUT2D eigenvalue weighted by Crippen LogP contribution is -2.52. The SMILES string of the molecule is CSCCC(NC(=O)c1ccccc1Cl)C(=O)NNC(=O)c1ccc2c(c1)OCCO2. The molecule has 0 spiro atoms. The Hall–Kier alpha value is -2.91. The van der Waals surface area contributed by atoms with Crippen molar-refractivity contribution in [2.75, 3.05) is 25.2 Å². The molecule has 3 rings (SSSR count). The van der Waals surface area contributed by atoms with Gasteiger partial charge in [-0.25, -0.2) is 0 Å². The summed E-state index contributed by atoms with van der Waals surface area (Å²) in [5, 5.41) is 2.96. The molecule has 1 atom stereocenters. The maximum atomic E-state index is 12.6. The fourth-order valence-electron chi connectivity index (χ4n) is 2.85. The van der Waals surface area contributed by atoms with Crippen molar-refractivity contribution in [1.29, 1.82) is 0 Å². The number of hydrogen-bond donors (Lipinski definition) is 3. The second-order valence-corrected chi connectivity index (χ2v) is 7.98. The first-order chi connectivity index (χ1) is 15.0. The number of nitrogens with one attached hydrogen (secondary N) is 3. The molecule has 164 valence electrons. The van der Waals surface area contributed by atoms with E-state index in [1.165, 1.54) is 11.8 Å². The zero-order valence-electron chi connectivity index (χ0n) is 16.8. The standard InChI is InChI=1S/C21H22ClN3O5S/c1-31-11-8-16(23-20(27)14-4-2-3-5-15(14)22)21(28)25-24-19(26)13-6-7-17-18(12-13)30-10-9-29-17/h2-7,12,16H,8-11H2,1H3,(H,23,27)(H,24,26)(H,25,28). The number of hydrazine groups is 1. The Morgan fingerprint density at radius 1 is 1.03 bits per heavy atom. The molecule has 2 aromatic rings. The highest BCUT2D eigenvalue weighted by atomic mass is 35.5. The van der Waals surface area contributed by atoms with Crippen LogP contribution >= 0.6 is 23.4 Å². The number of fused-ring (bicyclic) bond motifs is 1. The van der Waals surface area contributed by atoms with Gasteiger partial charge in [-0.3, -0.25) is 25.2 Å².